The molecule has 8 heavy (non-hydrogen) atoms. The third kappa shape index (κ3) is 3.30. The van der Waals surface area contributed by atoms with Crippen molar-refractivity contribution in [2.75, 3.05) is 13.7 Å². The Morgan fingerprint density at radius 2 is 2.50 bits per heavy atom. The van der Waals surface area contributed by atoms with Crippen LogP contribution in [0.25, 0.3) is 0 Å². The summed E-state index contributed by atoms with van der Waals surface area (Å²) in [5.41, 5.74) is 0. The van der Waals surface area contributed by atoms with Crippen molar-refractivity contribution >= 4 is 12.3 Å². The predicted molar refractivity (Wildman–Crippen MR) is 26.1 cm³/mol. The highest BCUT2D eigenvalue weighted by molar-refractivity contribution is 5.86. The number of rotatable bonds is 3. The average Bonchev–Trinajstić information content (AvgIpc) is 1.68. The fourth-order valence-corrected chi connectivity index (χ4v) is 0.238. The smallest absolute Gasteiger partial charge is 0.252 e. The third-order valence-corrected chi connectivity index (χ3v) is 0.495. The van der Waals surface area contributed by atoms with Crippen LogP contribution in [0, 0.1) is 0 Å². The van der Waals surface area contributed by atoms with E-state index in [0.29, 0.717) is 6.41 Å². The van der Waals surface area contributed by atoms with Gasteiger partial charge >= 0.3 is 0 Å². The summed E-state index contributed by atoms with van der Waals surface area (Å²) in [5.74, 6) is -0.428. The number of methoxy groups -OCH3 is 1. The van der Waals surface area contributed by atoms with Gasteiger partial charge in [0.1, 0.15) is 6.61 Å². The van der Waals surface area contributed by atoms with E-state index in [-0.39, 0.29) is 6.61 Å². The van der Waals surface area contributed by atoms with E-state index in [1.54, 1.807) is 0 Å². The van der Waals surface area contributed by atoms with Gasteiger partial charge in [0, 0.05) is 7.11 Å². The number of imide groups is 1. The van der Waals surface area contributed by atoms with Gasteiger partial charge in [-0.05, 0) is 0 Å². The van der Waals surface area contributed by atoms with E-state index in [1.165, 1.54) is 7.11 Å². The molecule has 4 nitrogen and oxygen atoms in total. The highest BCUT2D eigenvalue weighted by atomic mass is 16.5. The Hall–Kier alpha value is -0.900. The first-order valence-electron chi connectivity index (χ1n) is 2.03. The summed E-state index contributed by atoms with van der Waals surface area (Å²) in [4.78, 5) is 19.7. The van der Waals surface area contributed by atoms with Gasteiger partial charge in [-0.2, -0.15) is 0 Å². The molecule has 0 aromatic carbocycles. The van der Waals surface area contributed by atoms with Gasteiger partial charge in [0.05, 0.1) is 0 Å². The Balaban J connectivity index is 3.18. The highest BCUT2D eigenvalue weighted by Gasteiger charge is 1.93. The minimum Gasteiger partial charge on any atom is -0.375 e. The van der Waals surface area contributed by atoms with Crippen LogP contribution in [-0.2, 0) is 14.3 Å². The second-order valence-electron chi connectivity index (χ2n) is 1.12. The lowest BCUT2D eigenvalue weighted by molar-refractivity contribution is -0.128. The van der Waals surface area contributed by atoms with E-state index in [4.69, 9.17) is 0 Å². The molecule has 1 N–H and O–H groups in total. The van der Waals surface area contributed by atoms with Crippen molar-refractivity contribution in [1.29, 1.82) is 0 Å². The summed E-state index contributed by atoms with van der Waals surface area (Å²) in [7, 11) is 1.38. The molecule has 0 atom stereocenters. The molecule has 46 valence electrons. The van der Waals surface area contributed by atoms with E-state index >= 15 is 0 Å². The van der Waals surface area contributed by atoms with Crippen LogP contribution in [0.15, 0.2) is 0 Å². The van der Waals surface area contributed by atoms with Gasteiger partial charge in [0.2, 0.25) is 6.41 Å². The zero-order valence-corrected chi connectivity index (χ0v) is 4.51. The van der Waals surface area contributed by atoms with Gasteiger partial charge in [-0.15, -0.1) is 0 Å². The van der Waals surface area contributed by atoms with Crippen molar-refractivity contribution in [2.24, 2.45) is 0 Å². The van der Waals surface area contributed by atoms with E-state index in [9.17, 15) is 9.59 Å². The Morgan fingerprint density at radius 1 is 1.88 bits per heavy atom. The number of carbonyl (C=O) groups is 2. The number of carbonyl (C=O) groups excluding carboxylic acids is 2. The Labute approximate surface area is 46.8 Å². The Kier molecular flexibility index (Phi) is 3.78. The molecule has 0 heterocycles. The van der Waals surface area contributed by atoms with Gasteiger partial charge in [-0.3, -0.25) is 14.9 Å². The highest BCUT2D eigenvalue weighted by Crippen LogP contribution is 1.63. The number of ether oxygens (including phenoxy) is 1. The molecule has 0 fully saturated rings. The van der Waals surface area contributed by atoms with Crippen molar-refractivity contribution in [1.82, 2.24) is 5.32 Å². The zero-order valence-electron chi connectivity index (χ0n) is 4.51. The Bertz CT molecular complexity index is 91.3. The SMILES string of the molecule is COCC(=O)NC=O. The first kappa shape index (κ1) is 7.10. The molecule has 0 unspecified atom stereocenters. The minimum absolute atomic E-state index is 0.0707. The van der Waals surface area contributed by atoms with Crippen LogP contribution >= 0.6 is 0 Å². The van der Waals surface area contributed by atoms with Crippen LogP contribution < -0.4 is 5.32 Å². The summed E-state index contributed by atoms with van der Waals surface area (Å²) in [6, 6.07) is 0. The monoisotopic (exact) mass is 117 g/mol. The molecular weight excluding hydrogens is 110 g/mol. The number of hydrogen-bond donors (Lipinski definition) is 1. The van der Waals surface area contributed by atoms with Crippen molar-refractivity contribution in [3.8, 4) is 0 Å². The molecule has 0 saturated carbocycles. The maximum absolute atomic E-state index is 10.2. The predicted octanol–water partition coefficient (Wildman–Crippen LogP) is -1.09. The standard InChI is InChI=1S/C4H7NO3/c1-8-2-4(7)5-3-6/h3H,2H2,1H3,(H,5,6,7). The van der Waals surface area contributed by atoms with E-state index in [1.807, 2.05) is 5.32 Å². The van der Waals surface area contributed by atoms with Crippen LogP contribution in [0.1, 0.15) is 0 Å². The summed E-state index contributed by atoms with van der Waals surface area (Å²) in [6.45, 7) is -0.0707. The number of nitrogens with one attached hydrogen (secondary N) is 1. The van der Waals surface area contributed by atoms with Gasteiger partial charge in [-0.25, -0.2) is 0 Å². The van der Waals surface area contributed by atoms with Crippen LogP contribution in [0.3, 0.4) is 0 Å². The molecule has 0 aliphatic carbocycles. The van der Waals surface area contributed by atoms with E-state index in [2.05, 4.69) is 4.74 Å². The quantitative estimate of drug-likeness (QED) is 0.477. The molecule has 0 saturated heterocycles. The van der Waals surface area contributed by atoms with E-state index < -0.39 is 5.91 Å². The third-order valence-electron chi connectivity index (χ3n) is 0.495. The molecule has 0 spiro atoms. The lowest BCUT2D eigenvalue weighted by Gasteiger charge is -1.92. The largest absolute Gasteiger partial charge is 0.375 e. The number of hydrogen-bond acceptors (Lipinski definition) is 3. The minimum atomic E-state index is -0.428. The molecule has 0 aromatic rings. The Morgan fingerprint density at radius 3 is 2.88 bits per heavy atom. The molecule has 0 aliphatic heterocycles. The summed E-state index contributed by atoms with van der Waals surface area (Å²) < 4.78 is 4.39. The van der Waals surface area contributed by atoms with E-state index in [0.717, 1.165) is 0 Å². The fourth-order valence-electron chi connectivity index (χ4n) is 0.238. The van der Waals surface area contributed by atoms with Crippen molar-refractivity contribution < 1.29 is 14.3 Å². The molecule has 0 bridgehead atoms. The lowest BCUT2D eigenvalue weighted by atomic mass is 10.7. The van der Waals surface area contributed by atoms with Crippen molar-refractivity contribution in [3.63, 3.8) is 0 Å². The molecule has 0 aromatic heterocycles. The summed E-state index contributed by atoms with van der Waals surface area (Å²) in [6.07, 6.45) is 0.321. The molecule has 0 radical (unpaired) electrons. The first-order chi connectivity index (χ1) is 3.81. The van der Waals surface area contributed by atoms with Gasteiger partial charge in [0.25, 0.3) is 5.91 Å². The molecular formula is C4H7NO3. The second kappa shape index (κ2) is 4.26. The van der Waals surface area contributed by atoms with Crippen molar-refractivity contribution in [2.45, 2.75) is 0 Å². The maximum Gasteiger partial charge on any atom is 0.252 e. The van der Waals surface area contributed by atoms with Crippen LogP contribution in [0.4, 0.5) is 0 Å². The van der Waals surface area contributed by atoms with Gasteiger partial charge < -0.3 is 4.74 Å². The van der Waals surface area contributed by atoms with Gasteiger partial charge in [0.15, 0.2) is 0 Å². The van der Waals surface area contributed by atoms with Gasteiger partial charge in [-0.1, -0.05) is 0 Å². The normalized spacial score (nSPS) is 8.12. The van der Waals surface area contributed by atoms with Crippen LogP contribution in [0.5, 0.6) is 0 Å². The molecule has 0 aliphatic rings. The van der Waals surface area contributed by atoms with Crippen LogP contribution in [0.2, 0.25) is 0 Å². The summed E-state index contributed by atoms with van der Waals surface area (Å²) in [5, 5.41) is 1.90. The lowest BCUT2D eigenvalue weighted by Crippen LogP contribution is -2.25. The second-order valence-corrected chi connectivity index (χ2v) is 1.12. The maximum atomic E-state index is 10.2. The zero-order chi connectivity index (χ0) is 6.41. The molecule has 2 amide bonds. The first-order valence-corrected chi connectivity index (χ1v) is 2.03. The van der Waals surface area contributed by atoms with Crippen LogP contribution in [-0.4, -0.2) is 26.0 Å². The average molecular weight is 117 g/mol. The summed E-state index contributed by atoms with van der Waals surface area (Å²) >= 11 is 0. The number of amides is 2. The van der Waals surface area contributed by atoms with Crippen molar-refractivity contribution in [3.05, 3.63) is 0 Å². The topological polar surface area (TPSA) is 55.4 Å². The molecule has 0 rings (SSSR count). The molecule has 4 heteroatoms. The fraction of sp³-hybridized carbons (Fsp3) is 0.500.